The van der Waals surface area contributed by atoms with Gasteiger partial charge in [-0.05, 0) is 37.8 Å². The van der Waals surface area contributed by atoms with Crippen molar-refractivity contribution in [2.75, 3.05) is 30.7 Å². The summed E-state index contributed by atoms with van der Waals surface area (Å²) >= 11 is 6.28. The van der Waals surface area contributed by atoms with Gasteiger partial charge in [0.2, 0.25) is 5.95 Å². The van der Waals surface area contributed by atoms with E-state index in [1.165, 1.54) is 0 Å². The predicted molar refractivity (Wildman–Crippen MR) is 118 cm³/mol. The van der Waals surface area contributed by atoms with Crippen LogP contribution in [0.25, 0.3) is 0 Å². The van der Waals surface area contributed by atoms with Crippen LogP contribution in [0.4, 0.5) is 11.8 Å². The summed E-state index contributed by atoms with van der Waals surface area (Å²) in [6, 6.07) is 1.78. The fourth-order valence-electron chi connectivity index (χ4n) is 2.76. The number of nitrogens with one attached hydrogen (secondary N) is 2. The Morgan fingerprint density at radius 3 is 2.70 bits per heavy atom. The molecule has 2 heterocycles. The van der Waals surface area contributed by atoms with Gasteiger partial charge in [0.25, 0.3) is 5.91 Å². The Balaban J connectivity index is 2.39. The van der Waals surface area contributed by atoms with Crippen LogP contribution >= 0.6 is 11.6 Å². The zero-order chi connectivity index (χ0) is 22.1. The SMILES string of the molecule is CCNC(=O)c1nccc(C)c1C#Cc1c(Cl)nc(N)nc1NCCC(CC)CO. The van der Waals surface area contributed by atoms with Crippen LogP contribution < -0.4 is 16.4 Å². The molecule has 8 nitrogen and oxygen atoms in total. The van der Waals surface area contributed by atoms with Crippen LogP contribution in [0.3, 0.4) is 0 Å². The molecule has 1 unspecified atom stereocenters. The number of aliphatic hydroxyl groups excluding tert-OH is 1. The van der Waals surface area contributed by atoms with Crippen LogP contribution in [0.2, 0.25) is 5.15 Å². The molecule has 0 aliphatic carbocycles. The number of rotatable bonds is 8. The van der Waals surface area contributed by atoms with Crippen molar-refractivity contribution in [1.29, 1.82) is 0 Å². The van der Waals surface area contributed by atoms with Gasteiger partial charge in [0.05, 0.1) is 5.56 Å². The molecule has 0 aliphatic rings. The van der Waals surface area contributed by atoms with E-state index in [2.05, 4.69) is 37.4 Å². The number of aromatic nitrogens is 3. The van der Waals surface area contributed by atoms with Gasteiger partial charge in [-0.2, -0.15) is 9.97 Å². The second-order valence-electron chi connectivity index (χ2n) is 6.73. The van der Waals surface area contributed by atoms with E-state index in [4.69, 9.17) is 17.3 Å². The Bertz CT molecular complexity index is 950. The zero-order valence-electron chi connectivity index (χ0n) is 17.4. The number of aryl methyl sites for hydroxylation is 1. The number of anilines is 2. The van der Waals surface area contributed by atoms with E-state index in [0.717, 1.165) is 18.4 Å². The maximum absolute atomic E-state index is 12.3. The van der Waals surface area contributed by atoms with Crippen LogP contribution in [0.1, 0.15) is 53.9 Å². The largest absolute Gasteiger partial charge is 0.396 e. The summed E-state index contributed by atoms with van der Waals surface area (Å²) in [6.45, 7) is 6.90. The normalized spacial score (nSPS) is 11.4. The fraction of sp³-hybridized carbons (Fsp3) is 0.429. The summed E-state index contributed by atoms with van der Waals surface area (Å²) in [7, 11) is 0. The van der Waals surface area contributed by atoms with Gasteiger partial charge < -0.3 is 21.5 Å². The predicted octanol–water partition coefficient (Wildman–Crippen LogP) is 2.39. The number of nitrogens with two attached hydrogens (primary N) is 1. The minimum atomic E-state index is -0.293. The van der Waals surface area contributed by atoms with Crippen LogP contribution in [0.5, 0.6) is 0 Å². The number of amides is 1. The molecule has 5 N–H and O–H groups in total. The van der Waals surface area contributed by atoms with Gasteiger partial charge >= 0.3 is 0 Å². The lowest BCUT2D eigenvalue weighted by Gasteiger charge is -2.13. The molecule has 2 aromatic rings. The third kappa shape index (κ3) is 6.05. The smallest absolute Gasteiger partial charge is 0.271 e. The highest BCUT2D eigenvalue weighted by Crippen LogP contribution is 2.22. The second kappa shape index (κ2) is 11.3. The number of carbonyl (C=O) groups excluding carboxylic acids is 1. The Morgan fingerprint density at radius 1 is 1.30 bits per heavy atom. The highest BCUT2D eigenvalue weighted by Gasteiger charge is 2.15. The monoisotopic (exact) mass is 430 g/mol. The average Bonchev–Trinajstić information content (AvgIpc) is 2.71. The third-order valence-electron chi connectivity index (χ3n) is 4.59. The molecule has 0 aliphatic heterocycles. The Labute approximate surface area is 181 Å². The number of aliphatic hydroxyl groups is 1. The molecule has 2 aromatic heterocycles. The molecule has 160 valence electrons. The van der Waals surface area contributed by atoms with Gasteiger partial charge in [-0.25, -0.2) is 4.98 Å². The summed E-state index contributed by atoms with van der Waals surface area (Å²) in [5, 5.41) is 15.4. The molecule has 1 atom stereocenters. The maximum atomic E-state index is 12.3. The molecular formula is C21H27ClN6O2. The number of nitrogen functional groups attached to an aromatic ring is 1. The van der Waals surface area contributed by atoms with Crippen molar-refractivity contribution >= 4 is 29.3 Å². The van der Waals surface area contributed by atoms with Gasteiger partial charge in [0.15, 0.2) is 5.15 Å². The summed E-state index contributed by atoms with van der Waals surface area (Å²) < 4.78 is 0. The Hall–Kier alpha value is -2.89. The van der Waals surface area contributed by atoms with Crippen LogP contribution in [-0.4, -0.2) is 45.7 Å². The van der Waals surface area contributed by atoms with E-state index in [1.807, 2.05) is 20.8 Å². The van der Waals surface area contributed by atoms with E-state index in [1.54, 1.807) is 12.3 Å². The highest BCUT2D eigenvalue weighted by molar-refractivity contribution is 6.31. The molecule has 0 bridgehead atoms. The molecule has 0 aromatic carbocycles. The number of hydrogen-bond acceptors (Lipinski definition) is 7. The molecule has 0 saturated carbocycles. The first kappa shape index (κ1) is 23.4. The molecule has 0 fully saturated rings. The molecule has 0 saturated heterocycles. The first-order chi connectivity index (χ1) is 14.4. The van der Waals surface area contributed by atoms with Gasteiger partial charge in [-0.15, -0.1) is 0 Å². The van der Waals surface area contributed by atoms with E-state index < -0.39 is 0 Å². The first-order valence-corrected chi connectivity index (χ1v) is 10.2. The van der Waals surface area contributed by atoms with Gasteiger partial charge in [0, 0.05) is 25.9 Å². The molecule has 1 amide bonds. The minimum absolute atomic E-state index is 0.0304. The van der Waals surface area contributed by atoms with Crippen molar-refractivity contribution in [3.63, 3.8) is 0 Å². The summed E-state index contributed by atoms with van der Waals surface area (Å²) in [4.78, 5) is 24.7. The lowest BCUT2D eigenvalue weighted by atomic mass is 10.0. The Kier molecular flexibility index (Phi) is 8.84. The minimum Gasteiger partial charge on any atom is -0.396 e. The van der Waals surface area contributed by atoms with Crippen molar-refractivity contribution in [3.8, 4) is 11.8 Å². The van der Waals surface area contributed by atoms with Crippen molar-refractivity contribution in [3.05, 3.63) is 39.8 Å². The number of halogens is 1. The zero-order valence-corrected chi connectivity index (χ0v) is 18.2. The second-order valence-corrected chi connectivity index (χ2v) is 7.09. The number of pyridine rings is 1. The highest BCUT2D eigenvalue weighted by atomic mass is 35.5. The van der Waals surface area contributed by atoms with E-state index >= 15 is 0 Å². The van der Waals surface area contributed by atoms with Gasteiger partial charge in [0.1, 0.15) is 17.1 Å². The van der Waals surface area contributed by atoms with Gasteiger partial charge in [-0.1, -0.05) is 36.8 Å². The van der Waals surface area contributed by atoms with Crippen molar-refractivity contribution in [2.45, 2.75) is 33.6 Å². The topological polar surface area (TPSA) is 126 Å². The lowest BCUT2D eigenvalue weighted by molar-refractivity contribution is 0.0950. The van der Waals surface area contributed by atoms with Gasteiger partial charge in [-0.3, -0.25) is 4.79 Å². The van der Waals surface area contributed by atoms with Crippen molar-refractivity contribution in [2.24, 2.45) is 5.92 Å². The summed E-state index contributed by atoms with van der Waals surface area (Å²) in [5.41, 5.74) is 7.70. The lowest BCUT2D eigenvalue weighted by Crippen LogP contribution is -2.25. The van der Waals surface area contributed by atoms with Crippen molar-refractivity contribution < 1.29 is 9.90 Å². The van der Waals surface area contributed by atoms with Crippen LogP contribution in [0.15, 0.2) is 12.3 Å². The molecule has 30 heavy (non-hydrogen) atoms. The third-order valence-corrected chi connectivity index (χ3v) is 4.86. The number of nitrogens with zero attached hydrogens (tertiary/aromatic N) is 3. The number of carbonyl (C=O) groups is 1. The number of hydrogen-bond donors (Lipinski definition) is 4. The first-order valence-electron chi connectivity index (χ1n) is 9.84. The molecule has 0 radical (unpaired) electrons. The van der Waals surface area contributed by atoms with Crippen molar-refractivity contribution in [1.82, 2.24) is 20.3 Å². The summed E-state index contributed by atoms with van der Waals surface area (Å²) in [5.74, 6) is 6.32. The van der Waals surface area contributed by atoms with E-state index in [0.29, 0.717) is 30.0 Å². The molecule has 2 rings (SSSR count). The fourth-order valence-corrected chi connectivity index (χ4v) is 2.99. The molecule has 9 heteroatoms. The van der Waals surface area contributed by atoms with Crippen LogP contribution in [-0.2, 0) is 0 Å². The Morgan fingerprint density at radius 2 is 2.03 bits per heavy atom. The quantitative estimate of drug-likeness (QED) is 0.374. The standard InChI is InChI=1S/C21H27ClN6O2/c1-4-14(12-29)9-11-26-19-16(18(22)27-21(23)28-19)7-6-15-13(3)8-10-25-17(15)20(30)24-5-2/h8,10,14,29H,4-5,9,11-12H2,1-3H3,(H,24,30)(H3,23,26,27,28). The molecular weight excluding hydrogens is 404 g/mol. The van der Waals surface area contributed by atoms with E-state index in [-0.39, 0.29) is 35.2 Å². The van der Waals surface area contributed by atoms with E-state index in [9.17, 15) is 9.90 Å². The average molecular weight is 431 g/mol. The van der Waals surface area contributed by atoms with Crippen LogP contribution in [0, 0.1) is 24.7 Å². The molecule has 0 spiro atoms. The maximum Gasteiger partial charge on any atom is 0.271 e. The summed E-state index contributed by atoms with van der Waals surface area (Å²) in [6.07, 6.45) is 3.20.